The predicted octanol–water partition coefficient (Wildman–Crippen LogP) is 9.84. The summed E-state index contributed by atoms with van der Waals surface area (Å²) >= 11 is 0. The number of hydrogen-bond acceptors (Lipinski definition) is 20. The van der Waals surface area contributed by atoms with E-state index in [1.165, 1.54) is 89.2 Å². The molecule has 6 aromatic carbocycles. The van der Waals surface area contributed by atoms with Crippen molar-refractivity contribution >= 4 is 53.4 Å². The Kier molecular flexibility index (Phi) is 20.5. The smallest absolute Gasteiger partial charge is 0.410 e. The summed E-state index contributed by atoms with van der Waals surface area (Å²) in [5.74, 6) is -7.12. The van der Waals surface area contributed by atoms with Gasteiger partial charge in [-0.15, -0.1) is 0 Å². The van der Waals surface area contributed by atoms with Gasteiger partial charge in [0.2, 0.25) is 11.9 Å². The average molecular weight is 1330 g/mol. The van der Waals surface area contributed by atoms with E-state index in [4.69, 9.17) is 37.9 Å². The Morgan fingerprint density at radius 3 is 1.92 bits per heavy atom. The second kappa shape index (κ2) is 28.6. The lowest BCUT2D eigenvalue weighted by Gasteiger charge is -2.67. The van der Waals surface area contributed by atoms with E-state index in [1.807, 2.05) is 42.5 Å². The van der Waals surface area contributed by atoms with Gasteiger partial charge in [0.15, 0.2) is 17.5 Å². The van der Waals surface area contributed by atoms with Crippen LogP contribution in [0.5, 0.6) is 11.5 Å². The van der Waals surface area contributed by atoms with Gasteiger partial charge in [-0.25, -0.2) is 19.2 Å². The topological polar surface area (TPSA) is 313 Å². The van der Waals surface area contributed by atoms with Gasteiger partial charge in [-0.05, 0) is 102 Å². The highest BCUT2D eigenvalue weighted by molar-refractivity contribution is 5.96. The highest BCUT2D eigenvalue weighted by atomic mass is 16.6. The van der Waals surface area contributed by atoms with E-state index in [0.29, 0.717) is 11.3 Å². The lowest BCUT2D eigenvalue weighted by Crippen LogP contribution is -2.82. The number of hydrogen-bond donors (Lipinski definition) is 3. The highest BCUT2D eigenvalue weighted by Gasteiger charge is 2.78. The molecule has 97 heavy (non-hydrogen) atoms. The number of nitrogens with one attached hydrogen (secondary N) is 1. The molecule has 0 radical (unpaired) electrons. The maximum Gasteiger partial charge on any atom is 0.410 e. The Bertz CT molecular complexity index is 3990. The Morgan fingerprint density at radius 2 is 1.33 bits per heavy atom. The molecule has 24 heteroatoms. The van der Waals surface area contributed by atoms with E-state index in [0.717, 1.165) is 29.9 Å². The number of carbonyl (C=O) groups excluding carboxylic acids is 8. The molecule has 24 nitrogen and oxygen atoms in total. The molecule has 0 aromatic heterocycles. The third-order valence-electron chi connectivity index (χ3n) is 19.1. The SMILES string of the molecule is CC(=O)O[C@H]1C(=O)[C@@]2(C)[C@H]([C@H](OC(=O)c3ccccc3)[C@]3(O)C[C@H](OC(=O)[C@H](OC(=O)N(C)CCCN(C)C(=O)OCc4ccc([N+](=O)[O-])c(Oc5ccc(-c6ccccc6)cc5)c4)[C@@H](NC(=O)c4ccccc4)c4ccccc4)C(C)=C1C3(C)C)[C@]1(OC(C)=O)CO[C@@H]1C[C@@H]2O. The van der Waals surface area contributed by atoms with E-state index >= 15 is 9.59 Å². The average Bonchev–Trinajstić information content (AvgIpc) is 0.669. The molecule has 3 fully saturated rings. The molecule has 4 aliphatic rings. The summed E-state index contributed by atoms with van der Waals surface area (Å²) < 4.78 is 48.9. The normalized spacial score (nSPS) is 24.2. The predicted molar refractivity (Wildman–Crippen MR) is 347 cm³/mol. The quantitative estimate of drug-likeness (QED) is 0.0198. The molecule has 3 amide bonds. The Labute approximate surface area is 559 Å². The molecule has 3 N–H and O–H groups in total. The molecule has 0 spiro atoms. The van der Waals surface area contributed by atoms with E-state index in [-0.39, 0.29) is 78.4 Å². The highest BCUT2D eigenvalue weighted by Crippen LogP contribution is 2.64. The molecule has 3 aliphatic carbocycles. The van der Waals surface area contributed by atoms with Gasteiger partial charge in [-0.3, -0.25) is 29.3 Å². The minimum atomic E-state index is -2.54. The third-order valence-corrected chi connectivity index (χ3v) is 19.1. The number of esters is 4. The number of ketones is 1. The molecule has 0 unspecified atom stereocenters. The van der Waals surface area contributed by atoms with Gasteiger partial charge in [0.1, 0.15) is 42.3 Å². The van der Waals surface area contributed by atoms with Gasteiger partial charge in [0, 0.05) is 70.9 Å². The van der Waals surface area contributed by atoms with Crippen LogP contribution >= 0.6 is 0 Å². The number of aliphatic hydroxyl groups excluding tert-OH is 1. The molecule has 508 valence electrons. The van der Waals surface area contributed by atoms with Crippen LogP contribution in [0.4, 0.5) is 15.3 Å². The van der Waals surface area contributed by atoms with Crippen LogP contribution < -0.4 is 10.1 Å². The van der Waals surface area contributed by atoms with E-state index in [2.05, 4.69) is 5.32 Å². The van der Waals surface area contributed by atoms with Crippen LogP contribution in [0.1, 0.15) is 98.7 Å². The molecule has 1 saturated heterocycles. The number of Topliss-reactive ketones (excluding diaryl/α,β-unsaturated/α-hetero) is 1. The molecule has 2 saturated carbocycles. The van der Waals surface area contributed by atoms with Crippen LogP contribution in [0.25, 0.3) is 11.1 Å². The van der Waals surface area contributed by atoms with Gasteiger partial charge in [0.25, 0.3) is 5.91 Å². The van der Waals surface area contributed by atoms with Gasteiger partial charge >= 0.3 is 41.8 Å². The van der Waals surface area contributed by atoms with Crippen LogP contribution in [0.3, 0.4) is 0 Å². The van der Waals surface area contributed by atoms with Crippen LogP contribution in [0.2, 0.25) is 0 Å². The zero-order chi connectivity index (χ0) is 69.7. The first-order valence-corrected chi connectivity index (χ1v) is 31.6. The zero-order valence-electron chi connectivity index (χ0n) is 54.7. The van der Waals surface area contributed by atoms with Gasteiger partial charge < -0.3 is 63.2 Å². The summed E-state index contributed by atoms with van der Waals surface area (Å²) in [7, 11) is 2.83. The van der Waals surface area contributed by atoms with Crippen LogP contribution in [0, 0.1) is 26.9 Å². The van der Waals surface area contributed by atoms with Crippen molar-refractivity contribution in [1.82, 2.24) is 15.1 Å². The number of amides is 3. The van der Waals surface area contributed by atoms with Crippen molar-refractivity contribution in [2.24, 2.45) is 16.7 Å². The van der Waals surface area contributed by atoms with E-state index < -0.39 is 130 Å². The van der Waals surface area contributed by atoms with Gasteiger partial charge in [-0.1, -0.05) is 123 Å². The number of nitro benzene ring substituents is 1. The molecular weight excluding hydrogens is 1250 g/mol. The minimum absolute atomic E-state index is 0.00982. The van der Waals surface area contributed by atoms with Gasteiger partial charge in [0.05, 0.1) is 34.5 Å². The number of ether oxygens (including phenoxy) is 8. The number of carbonyl (C=O) groups is 8. The molecular formula is C73H76N4O20. The largest absolute Gasteiger partial charge is 0.455 e. The Balaban J connectivity index is 0.930. The molecule has 1 heterocycles. The van der Waals surface area contributed by atoms with Crippen LogP contribution in [-0.2, 0) is 58.9 Å². The minimum Gasteiger partial charge on any atom is -0.455 e. The summed E-state index contributed by atoms with van der Waals surface area (Å²) in [4.78, 5) is 129. The van der Waals surface area contributed by atoms with Crippen molar-refractivity contribution < 1.29 is 91.4 Å². The van der Waals surface area contributed by atoms with Gasteiger partial charge in [-0.2, -0.15) is 0 Å². The second-order valence-electron chi connectivity index (χ2n) is 25.5. The maximum absolute atomic E-state index is 15.9. The number of nitro groups is 1. The summed E-state index contributed by atoms with van der Waals surface area (Å²) in [5, 5.41) is 41.4. The summed E-state index contributed by atoms with van der Waals surface area (Å²) in [5.41, 5.74) is -6.00. The molecule has 10 rings (SSSR count). The number of fused-ring (bicyclic) bond motifs is 5. The lowest BCUT2D eigenvalue weighted by molar-refractivity contribution is -0.385. The summed E-state index contributed by atoms with van der Waals surface area (Å²) in [6.45, 7) is 7.33. The van der Waals surface area contributed by atoms with Crippen molar-refractivity contribution in [3.63, 3.8) is 0 Å². The summed E-state index contributed by atoms with van der Waals surface area (Å²) in [6, 6.07) is 43.0. The van der Waals surface area contributed by atoms with Crippen molar-refractivity contribution in [3.05, 3.63) is 207 Å². The fraction of sp³-hybridized carbons (Fsp3) is 0.370. The van der Waals surface area contributed by atoms with Crippen molar-refractivity contribution in [1.29, 1.82) is 0 Å². The van der Waals surface area contributed by atoms with Crippen molar-refractivity contribution in [2.75, 3.05) is 33.8 Å². The third kappa shape index (κ3) is 14.1. The summed E-state index contributed by atoms with van der Waals surface area (Å²) in [6.07, 6.45) is -13.1. The molecule has 2 bridgehead atoms. The molecule has 6 aromatic rings. The second-order valence-corrected chi connectivity index (χ2v) is 25.5. The first-order chi connectivity index (χ1) is 46.2. The van der Waals surface area contributed by atoms with Crippen molar-refractivity contribution in [2.45, 2.75) is 121 Å². The Hall–Kier alpha value is -10.3. The number of rotatable bonds is 21. The Morgan fingerprint density at radius 1 is 0.742 bits per heavy atom. The number of nitrogens with zero attached hydrogens (tertiary/aromatic N) is 3. The maximum atomic E-state index is 15.9. The zero-order valence-corrected chi connectivity index (χ0v) is 54.7. The van der Waals surface area contributed by atoms with Crippen LogP contribution in [-0.4, -0.2) is 154 Å². The number of benzene rings is 6. The molecule has 11 atom stereocenters. The van der Waals surface area contributed by atoms with E-state index in [1.54, 1.807) is 78.9 Å². The molecule has 1 aliphatic heterocycles. The lowest BCUT2D eigenvalue weighted by atomic mass is 9.44. The van der Waals surface area contributed by atoms with Crippen LogP contribution in [0.15, 0.2) is 175 Å². The monoisotopic (exact) mass is 1330 g/mol. The first-order valence-electron chi connectivity index (χ1n) is 31.6. The first kappa shape index (κ1) is 69.5. The fourth-order valence-electron chi connectivity index (χ4n) is 13.8. The van der Waals surface area contributed by atoms with E-state index in [9.17, 15) is 49.1 Å². The number of aliphatic hydroxyl groups is 2. The van der Waals surface area contributed by atoms with Crippen molar-refractivity contribution in [3.8, 4) is 22.6 Å². The standard InChI is InChI=1S/C73H76N4O20/c1-43-55(40-73(87)64(96-66(83)51-28-19-12-20-29-51)62-71(6,56(80)39-57-72(62,42-91-57)97-45(3)79)63(81)60(92-44(2)78)58(43)70(73,4)5)94-67(84)61(59(49-24-15-10-16-25-49)74-65(82)50-26-17-11-18-27-50)95-69(86)76(8)37-21-36-75(7)68(85)90-41-46-30-35-53(77(88)89)54(38-46)93-52-33-31-48(32-34-52)47-22-13-9-14-23-47/h9-20,22-35,38,55-57,59-62,64,80,87H,21,36-37,39-42H2,1-8H3,(H,74,82)/t55-,56-,57+,59-,60+,61+,62-,64-,71+,72-,73+/m0/s1. The fourth-order valence-corrected chi connectivity index (χ4v) is 13.8.